The molecule has 2 aromatic carbocycles. The van der Waals surface area contributed by atoms with Crippen LogP contribution in [0, 0.1) is 5.92 Å². The second-order valence-corrected chi connectivity index (χ2v) is 8.05. The predicted molar refractivity (Wildman–Crippen MR) is 120 cm³/mol. The molecule has 0 radical (unpaired) electrons. The summed E-state index contributed by atoms with van der Waals surface area (Å²) in [5.41, 5.74) is 1.32. The normalized spacial score (nSPS) is 13.1. The molecule has 0 bridgehead atoms. The molecule has 2 N–H and O–H groups in total. The highest BCUT2D eigenvalue weighted by Gasteiger charge is 2.27. The lowest BCUT2D eigenvalue weighted by molar-refractivity contribution is -0.124. The number of ether oxygens (including phenoxy) is 1. The molecule has 2 unspecified atom stereocenters. The molecule has 0 aliphatic carbocycles. The predicted octanol–water partition coefficient (Wildman–Crippen LogP) is 3.52. The Labute approximate surface area is 183 Å². The number of methoxy groups -OCH3 is 1. The summed E-state index contributed by atoms with van der Waals surface area (Å²) in [5, 5.41) is 6.15. The first-order valence-electron chi connectivity index (χ1n) is 9.88. The van der Waals surface area contributed by atoms with Crippen molar-refractivity contribution in [3.63, 3.8) is 0 Å². The number of hydrogen-bond acceptors (Lipinski definition) is 4. The number of carbonyl (C=O) groups is 2. The van der Waals surface area contributed by atoms with Gasteiger partial charge in [0.1, 0.15) is 11.8 Å². The number of carbonyl (C=O) groups excluding carboxylic acids is 2. The van der Waals surface area contributed by atoms with Crippen LogP contribution in [0.5, 0.6) is 5.75 Å². The van der Waals surface area contributed by atoms with Crippen LogP contribution in [-0.2, 0) is 4.79 Å². The second-order valence-electron chi connectivity index (χ2n) is 7.64. The van der Waals surface area contributed by atoms with Gasteiger partial charge in [0.2, 0.25) is 5.91 Å². The molecule has 2 amide bonds. The topological polar surface area (TPSA) is 70.7 Å². The van der Waals surface area contributed by atoms with Crippen LogP contribution in [0.2, 0.25) is 5.02 Å². The van der Waals surface area contributed by atoms with Crippen LogP contribution in [-0.4, -0.2) is 50.5 Å². The quantitative estimate of drug-likeness (QED) is 0.637. The van der Waals surface area contributed by atoms with E-state index >= 15 is 0 Å². The van der Waals surface area contributed by atoms with E-state index in [2.05, 4.69) is 10.6 Å². The Kier molecular flexibility index (Phi) is 8.69. The number of amides is 2. The molecule has 2 aromatic rings. The molecule has 0 spiro atoms. The Morgan fingerprint density at radius 2 is 1.70 bits per heavy atom. The summed E-state index contributed by atoms with van der Waals surface area (Å²) < 4.78 is 5.47. The van der Waals surface area contributed by atoms with Crippen molar-refractivity contribution < 1.29 is 14.3 Å². The lowest BCUT2D eigenvalue weighted by atomic mass is 10.0. The summed E-state index contributed by atoms with van der Waals surface area (Å²) in [6, 6.07) is 13.7. The van der Waals surface area contributed by atoms with E-state index in [9.17, 15) is 9.59 Å². The average Bonchev–Trinajstić information content (AvgIpc) is 2.72. The average molecular weight is 432 g/mol. The molecule has 0 fully saturated rings. The lowest BCUT2D eigenvalue weighted by Gasteiger charge is -2.28. The minimum atomic E-state index is -0.686. The van der Waals surface area contributed by atoms with Gasteiger partial charge in [-0.1, -0.05) is 55.8 Å². The van der Waals surface area contributed by atoms with Crippen LogP contribution in [0.1, 0.15) is 35.8 Å². The molecule has 7 heteroatoms. The van der Waals surface area contributed by atoms with Gasteiger partial charge in [-0.15, -0.1) is 0 Å². The van der Waals surface area contributed by atoms with Crippen molar-refractivity contribution in [2.24, 2.45) is 5.92 Å². The Morgan fingerprint density at radius 3 is 2.30 bits per heavy atom. The Morgan fingerprint density at radius 1 is 1.07 bits per heavy atom. The minimum Gasteiger partial charge on any atom is -0.496 e. The van der Waals surface area contributed by atoms with Crippen LogP contribution < -0.4 is 15.4 Å². The number of benzene rings is 2. The van der Waals surface area contributed by atoms with Crippen molar-refractivity contribution in [2.45, 2.75) is 25.9 Å². The summed E-state index contributed by atoms with van der Waals surface area (Å²) in [6.07, 6.45) is 0. The van der Waals surface area contributed by atoms with Crippen molar-refractivity contribution >= 4 is 23.4 Å². The summed E-state index contributed by atoms with van der Waals surface area (Å²) in [7, 11) is 5.52. The number of likely N-dealkylation sites (N-methyl/N-ethyl adjacent to an activating group) is 1. The van der Waals surface area contributed by atoms with Gasteiger partial charge in [-0.3, -0.25) is 9.59 Å². The van der Waals surface area contributed by atoms with Crippen molar-refractivity contribution in [1.82, 2.24) is 15.5 Å². The molecule has 2 rings (SSSR count). The Bertz CT molecular complexity index is 870. The monoisotopic (exact) mass is 431 g/mol. The third-order valence-corrected chi connectivity index (χ3v) is 5.27. The van der Waals surface area contributed by atoms with Crippen LogP contribution in [0.25, 0.3) is 0 Å². The first-order valence-corrected chi connectivity index (χ1v) is 10.3. The molecule has 2 atom stereocenters. The maximum Gasteiger partial charge on any atom is 0.253 e. The summed E-state index contributed by atoms with van der Waals surface area (Å²) in [4.78, 5) is 27.6. The standard InChI is InChI=1S/C23H30ClN3O3/c1-15(2)21(26-22(28)16-10-6-8-12-18(16)24)23(29)25-14-19(27(3)4)17-11-7-9-13-20(17)30-5/h6-13,15,19,21H,14H2,1-5H3,(H,25,29)(H,26,28). The van der Waals surface area contributed by atoms with Crippen LogP contribution in [0.4, 0.5) is 0 Å². The molecular weight excluding hydrogens is 402 g/mol. The zero-order valence-corrected chi connectivity index (χ0v) is 18.9. The third-order valence-electron chi connectivity index (χ3n) is 4.95. The molecule has 6 nitrogen and oxygen atoms in total. The third kappa shape index (κ3) is 5.97. The Hall–Kier alpha value is -2.57. The van der Waals surface area contributed by atoms with Gasteiger partial charge in [-0.2, -0.15) is 0 Å². The molecule has 0 heterocycles. The van der Waals surface area contributed by atoms with E-state index in [0.29, 0.717) is 17.1 Å². The molecule has 0 saturated carbocycles. The van der Waals surface area contributed by atoms with E-state index in [1.165, 1.54) is 0 Å². The van der Waals surface area contributed by atoms with Gasteiger partial charge in [0.25, 0.3) is 5.91 Å². The number of para-hydroxylation sites is 1. The van der Waals surface area contributed by atoms with E-state index in [4.69, 9.17) is 16.3 Å². The van der Waals surface area contributed by atoms with Crippen molar-refractivity contribution in [1.29, 1.82) is 0 Å². The molecule has 30 heavy (non-hydrogen) atoms. The number of halogens is 1. The number of hydrogen-bond donors (Lipinski definition) is 2. The van der Waals surface area contributed by atoms with Crippen LogP contribution >= 0.6 is 11.6 Å². The summed E-state index contributed by atoms with van der Waals surface area (Å²) >= 11 is 6.12. The fourth-order valence-corrected chi connectivity index (χ4v) is 3.44. The lowest BCUT2D eigenvalue weighted by Crippen LogP contribution is -2.51. The van der Waals surface area contributed by atoms with E-state index in [0.717, 1.165) is 11.3 Å². The Balaban J connectivity index is 2.12. The zero-order chi connectivity index (χ0) is 22.3. The highest BCUT2D eigenvalue weighted by Crippen LogP contribution is 2.27. The van der Waals surface area contributed by atoms with Gasteiger partial charge in [-0.25, -0.2) is 0 Å². The smallest absolute Gasteiger partial charge is 0.253 e. The van der Waals surface area contributed by atoms with Gasteiger partial charge in [0, 0.05) is 12.1 Å². The molecule has 0 aliphatic rings. The maximum atomic E-state index is 12.9. The van der Waals surface area contributed by atoms with E-state index in [-0.39, 0.29) is 23.8 Å². The fourth-order valence-electron chi connectivity index (χ4n) is 3.22. The number of nitrogens with zero attached hydrogens (tertiary/aromatic N) is 1. The van der Waals surface area contributed by atoms with E-state index in [1.54, 1.807) is 31.4 Å². The first kappa shape index (κ1) is 23.7. The van der Waals surface area contributed by atoms with Gasteiger partial charge in [0.15, 0.2) is 0 Å². The number of nitrogens with one attached hydrogen (secondary N) is 2. The molecule has 0 saturated heterocycles. The summed E-state index contributed by atoms with van der Waals surface area (Å²) in [5.74, 6) is 0.0499. The van der Waals surface area contributed by atoms with Crippen molar-refractivity contribution in [2.75, 3.05) is 27.7 Å². The van der Waals surface area contributed by atoms with Crippen LogP contribution in [0.3, 0.4) is 0 Å². The van der Waals surface area contributed by atoms with Crippen molar-refractivity contribution in [3.05, 3.63) is 64.7 Å². The number of rotatable bonds is 9. The highest BCUT2D eigenvalue weighted by molar-refractivity contribution is 6.33. The molecule has 0 aliphatic heterocycles. The second kappa shape index (κ2) is 11.0. The molecule has 0 aromatic heterocycles. The maximum absolute atomic E-state index is 12.9. The molecular formula is C23H30ClN3O3. The van der Waals surface area contributed by atoms with Gasteiger partial charge >= 0.3 is 0 Å². The van der Waals surface area contributed by atoms with Crippen molar-refractivity contribution in [3.8, 4) is 5.75 Å². The fraction of sp³-hybridized carbons (Fsp3) is 0.391. The molecule has 162 valence electrons. The van der Waals surface area contributed by atoms with Crippen LogP contribution in [0.15, 0.2) is 48.5 Å². The van der Waals surface area contributed by atoms with E-state index < -0.39 is 6.04 Å². The zero-order valence-electron chi connectivity index (χ0n) is 18.1. The largest absolute Gasteiger partial charge is 0.496 e. The highest BCUT2D eigenvalue weighted by atomic mass is 35.5. The van der Waals surface area contributed by atoms with Gasteiger partial charge in [-0.05, 0) is 38.2 Å². The summed E-state index contributed by atoms with van der Waals surface area (Å²) in [6.45, 7) is 4.15. The van der Waals surface area contributed by atoms with E-state index in [1.807, 2.05) is 57.1 Å². The SMILES string of the molecule is COc1ccccc1C(CNC(=O)C(NC(=O)c1ccccc1Cl)C(C)C)N(C)C. The minimum absolute atomic E-state index is 0.0859. The van der Waals surface area contributed by atoms with Gasteiger partial charge < -0.3 is 20.3 Å². The first-order chi connectivity index (χ1) is 14.3. The van der Waals surface area contributed by atoms with Gasteiger partial charge in [0.05, 0.1) is 23.7 Å².